The first kappa shape index (κ1) is 16.9. The lowest BCUT2D eigenvalue weighted by Gasteiger charge is -2.35. The molecule has 1 aromatic heterocycles. The van der Waals surface area contributed by atoms with E-state index in [1.54, 1.807) is 0 Å². The average molecular weight is 310 g/mol. The molecule has 4 heteroatoms. The van der Waals surface area contributed by atoms with Gasteiger partial charge in [0.05, 0.1) is 0 Å². The molecule has 0 amide bonds. The molecule has 3 nitrogen and oxygen atoms in total. The molecule has 120 valence electrons. The molecule has 1 aliphatic rings. The van der Waals surface area contributed by atoms with Crippen LogP contribution in [0.3, 0.4) is 0 Å². The van der Waals surface area contributed by atoms with Crippen LogP contribution in [0.1, 0.15) is 31.7 Å². The van der Waals surface area contributed by atoms with E-state index in [1.165, 1.54) is 50.9 Å². The van der Waals surface area contributed by atoms with Crippen molar-refractivity contribution in [2.45, 2.75) is 44.7 Å². The zero-order valence-electron chi connectivity index (χ0n) is 13.8. The van der Waals surface area contributed by atoms with Crippen molar-refractivity contribution >= 4 is 11.3 Å². The van der Waals surface area contributed by atoms with Gasteiger partial charge in [-0.1, -0.05) is 6.92 Å². The van der Waals surface area contributed by atoms with E-state index in [4.69, 9.17) is 0 Å². The molecule has 1 aromatic rings. The van der Waals surface area contributed by atoms with E-state index in [1.807, 2.05) is 11.3 Å². The lowest BCUT2D eigenvalue weighted by Crippen LogP contribution is -2.52. The molecule has 1 fully saturated rings. The monoisotopic (exact) mass is 309 g/mol. The molecule has 21 heavy (non-hydrogen) atoms. The Labute approximate surface area is 134 Å². The maximum absolute atomic E-state index is 3.82. The summed E-state index contributed by atoms with van der Waals surface area (Å²) in [7, 11) is 4.57. The second-order valence-electron chi connectivity index (χ2n) is 6.39. The quantitative estimate of drug-likeness (QED) is 0.835. The summed E-state index contributed by atoms with van der Waals surface area (Å²) in [5.74, 6) is 0. The summed E-state index contributed by atoms with van der Waals surface area (Å²) in [6.45, 7) is 7.01. The van der Waals surface area contributed by atoms with E-state index in [9.17, 15) is 0 Å². The Morgan fingerprint density at radius 3 is 2.95 bits per heavy atom. The van der Waals surface area contributed by atoms with Crippen LogP contribution in [-0.2, 0) is 6.42 Å². The molecule has 0 bridgehead atoms. The van der Waals surface area contributed by atoms with Gasteiger partial charge in [0.25, 0.3) is 0 Å². The smallest absolute Gasteiger partial charge is 0.0373 e. The molecule has 2 rings (SSSR count). The van der Waals surface area contributed by atoms with Crippen molar-refractivity contribution in [2.75, 3.05) is 40.3 Å². The number of likely N-dealkylation sites (N-methyl/N-ethyl adjacent to an activating group) is 2. The van der Waals surface area contributed by atoms with Gasteiger partial charge in [-0.15, -0.1) is 0 Å². The van der Waals surface area contributed by atoms with E-state index in [2.05, 4.69) is 53.0 Å². The summed E-state index contributed by atoms with van der Waals surface area (Å²) in [6.07, 6.45) is 4.92. The van der Waals surface area contributed by atoms with Gasteiger partial charge >= 0.3 is 0 Å². The molecule has 2 atom stereocenters. The van der Waals surface area contributed by atoms with Gasteiger partial charge in [0.2, 0.25) is 0 Å². The van der Waals surface area contributed by atoms with E-state index < -0.39 is 0 Å². The highest BCUT2D eigenvalue weighted by atomic mass is 32.1. The largest absolute Gasteiger partial charge is 0.312 e. The van der Waals surface area contributed by atoms with Crippen molar-refractivity contribution in [3.05, 3.63) is 22.4 Å². The first-order valence-corrected chi connectivity index (χ1v) is 9.28. The van der Waals surface area contributed by atoms with Crippen LogP contribution in [0.15, 0.2) is 16.8 Å². The normalized spacial score (nSPS) is 23.1. The van der Waals surface area contributed by atoms with Crippen molar-refractivity contribution in [3.8, 4) is 0 Å². The first-order chi connectivity index (χ1) is 10.2. The van der Waals surface area contributed by atoms with Crippen LogP contribution in [0, 0.1) is 0 Å². The third kappa shape index (κ3) is 5.37. The van der Waals surface area contributed by atoms with Crippen LogP contribution in [-0.4, -0.2) is 62.2 Å². The standard InChI is InChI=1S/C17H31N3S/c1-4-9-18-16(7-6-15-8-12-21-14-15)17-13-19(2)10-5-11-20(17)3/h8,12,14,16-18H,4-7,9-11,13H2,1-3H3. The minimum atomic E-state index is 0.593. The number of rotatable bonds is 7. The van der Waals surface area contributed by atoms with Gasteiger partial charge < -0.3 is 15.1 Å². The summed E-state index contributed by atoms with van der Waals surface area (Å²) < 4.78 is 0. The zero-order chi connectivity index (χ0) is 15.1. The number of nitrogens with zero attached hydrogens (tertiary/aromatic N) is 2. The van der Waals surface area contributed by atoms with E-state index in [0.29, 0.717) is 12.1 Å². The maximum atomic E-state index is 3.82. The fourth-order valence-electron chi connectivity index (χ4n) is 3.26. The average Bonchev–Trinajstić information content (AvgIpc) is 2.93. The van der Waals surface area contributed by atoms with Gasteiger partial charge in [-0.25, -0.2) is 0 Å². The lowest BCUT2D eigenvalue weighted by molar-refractivity contribution is 0.172. The van der Waals surface area contributed by atoms with Crippen LogP contribution in [0.4, 0.5) is 0 Å². The zero-order valence-corrected chi connectivity index (χ0v) is 14.7. The van der Waals surface area contributed by atoms with Gasteiger partial charge in [-0.2, -0.15) is 11.3 Å². The fraction of sp³-hybridized carbons (Fsp3) is 0.765. The van der Waals surface area contributed by atoms with E-state index >= 15 is 0 Å². The summed E-state index contributed by atoms with van der Waals surface area (Å²) in [5.41, 5.74) is 1.49. The van der Waals surface area contributed by atoms with Crippen molar-refractivity contribution in [1.82, 2.24) is 15.1 Å². The molecule has 0 radical (unpaired) electrons. The lowest BCUT2D eigenvalue weighted by atomic mass is 9.99. The summed E-state index contributed by atoms with van der Waals surface area (Å²) >= 11 is 1.81. The number of nitrogens with one attached hydrogen (secondary N) is 1. The second kappa shape index (κ2) is 8.89. The Morgan fingerprint density at radius 1 is 1.38 bits per heavy atom. The molecule has 2 heterocycles. The predicted molar refractivity (Wildman–Crippen MR) is 93.3 cm³/mol. The predicted octanol–water partition coefficient (Wildman–Crippen LogP) is 2.68. The van der Waals surface area contributed by atoms with E-state index in [-0.39, 0.29) is 0 Å². The minimum Gasteiger partial charge on any atom is -0.312 e. The summed E-state index contributed by atoms with van der Waals surface area (Å²) in [5, 5.41) is 8.30. The highest BCUT2D eigenvalue weighted by Gasteiger charge is 2.27. The molecule has 0 aliphatic carbocycles. The maximum Gasteiger partial charge on any atom is 0.0373 e. The molecule has 1 aliphatic heterocycles. The minimum absolute atomic E-state index is 0.593. The Hall–Kier alpha value is -0.420. The second-order valence-corrected chi connectivity index (χ2v) is 7.17. The number of thiophene rings is 1. The van der Waals surface area contributed by atoms with Gasteiger partial charge in [0.15, 0.2) is 0 Å². The Bertz CT molecular complexity index is 379. The molecule has 0 spiro atoms. The Morgan fingerprint density at radius 2 is 2.24 bits per heavy atom. The summed E-state index contributed by atoms with van der Waals surface area (Å²) in [6, 6.07) is 3.49. The Balaban J connectivity index is 1.98. The molecular formula is C17H31N3S. The summed E-state index contributed by atoms with van der Waals surface area (Å²) in [4.78, 5) is 5.07. The van der Waals surface area contributed by atoms with Crippen LogP contribution >= 0.6 is 11.3 Å². The first-order valence-electron chi connectivity index (χ1n) is 8.34. The number of hydrogen-bond acceptors (Lipinski definition) is 4. The van der Waals surface area contributed by atoms with Crippen LogP contribution in [0.2, 0.25) is 0 Å². The van der Waals surface area contributed by atoms with Gasteiger partial charge in [-0.3, -0.25) is 0 Å². The van der Waals surface area contributed by atoms with Gasteiger partial charge in [0.1, 0.15) is 0 Å². The van der Waals surface area contributed by atoms with Crippen LogP contribution in [0.5, 0.6) is 0 Å². The Kier molecular flexibility index (Phi) is 7.17. The van der Waals surface area contributed by atoms with Crippen molar-refractivity contribution in [2.24, 2.45) is 0 Å². The van der Waals surface area contributed by atoms with E-state index in [0.717, 1.165) is 6.54 Å². The van der Waals surface area contributed by atoms with Crippen LogP contribution in [0.25, 0.3) is 0 Å². The third-order valence-corrected chi connectivity index (χ3v) is 5.29. The number of hydrogen-bond donors (Lipinski definition) is 1. The topological polar surface area (TPSA) is 18.5 Å². The molecule has 1 saturated heterocycles. The SMILES string of the molecule is CCCNC(CCc1ccsc1)C1CN(C)CCCN1C. The van der Waals surface area contributed by atoms with Crippen molar-refractivity contribution in [1.29, 1.82) is 0 Å². The van der Waals surface area contributed by atoms with Crippen LogP contribution < -0.4 is 5.32 Å². The molecular weight excluding hydrogens is 278 g/mol. The van der Waals surface area contributed by atoms with Gasteiger partial charge in [-0.05, 0) is 81.8 Å². The molecule has 0 aromatic carbocycles. The highest BCUT2D eigenvalue weighted by molar-refractivity contribution is 7.07. The highest BCUT2D eigenvalue weighted by Crippen LogP contribution is 2.16. The number of aryl methyl sites for hydroxylation is 1. The van der Waals surface area contributed by atoms with Gasteiger partial charge in [0, 0.05) is 18.6 Å². The third-order valence-electron chi connectivity index (χ3n) is 4.56. The molecule has 2 unspecified atom stereocenters. The van der Waals surface area contributed by atoms with Crippen molar-refractivity contribution < 1.29 is 0 Å². The van der Waals surface area contributed by atoms with Crippen molar-refractivity contribution in [3.63, 3.8) is 0 Å². The molecule has 0 saturated carbocycles. The molecule has 1 N–H and O–H groups in total. The fourth-order valence-corrected chi connectivity index (χ4v) is 3.96.